The zero-order valence-corrected chi connectivity index (χ0v) is 15.6. The number of aromatic nitrogens is 2. The van der Waals surface area contributed by atoms with Gasteiger partial charge >= 0.3 is 0 Å². The van der Waals surface area contributed by atoms with E-state index in [0.717, 1.165) is 5.56 Å². The Labute approximate surface area is 156 Å². The Kier molecular flexibility index (Phi) is 5.42. The molecule has 0 aliphatic rings. The predicted molar refractivity (Wildman–Crippen MR) is 102 cm³/mol. The van der Waals surface area contributed by atoms with E-state index in [1.807, 2.05) is 24.3 Å². The maximum absolute atomic E-state index is 12.3. The summed E-state index contributed by atoms with van der Waals surface area (Å²) < 4.78 is 1.45. The average molecular weight is 376 g/mol. The average Bonchev–Trinajstić information content (AvgIpc) is 2.57. The van der Waals surface area contributed by atoms with E-state index in [1.54, 1.807) is 18.3 Å². The van der Waals surface area contributed by atoms with E-state index in [2.05, 4.69) is 24.1 Å². The van der Waals surface area contributed by atoms with Gasteiger partial charge in [-0.3, -0.25) is 9.20 Å². The van der Waals surface area contributed by atoms with Crippen LogP contribution in [0.4, 0.5) is 0 Å². The van der Waals surface area contributed by atoms with Crippen LogP contribution in [-0.4, -0.2) is 9.38 Å². The van der Waals surface area contributed by atoms with Gasteiger partial charge in [0.2, 0.25) is 0 Å². The molecule has 0 bridgehead atoms. The molecule has 0 aliphatic carbocycles. The van der Waals surface area contributed by atoms with Crippen molar-refractivity contribution in [2.24, 2.45) is 5.92 Å². The molecule has 0 spiro atoms. The van der Waals surface area contributed by atoms with Crippen LogP contribution in [-0.2, 0) is 6.54 Å². The van der Waals surface area contributed by atoms with Crippen LogP contribution in [0.25, 0.3) is 5.65 Å². The van der Waals surface area contributed by atoms with Crippen molar-refractivity contribution in [1.82, 2.24) is 14.7 Å². The lowest BCUT2D eigenvalue weighted by Crippen LogP contribution is -2.27. The van der Waals surface area contributed by atoms with Crippen LogP contribution >= 0.6 is 23.2 Å². The van der Waals surface area contributed by atoms with Gasteiger partial charge in [0.25, 0.3) is 5.56 Å². The Morgan fingerprint density at radius 2 is 1.76 bits per heavy atom. The summed E-state index contributed by atoms with van der Waals surface area (Å²) in [5, 5.41) is 4.72. The highest BCUT2D eigenvalue weighted by atomic mass is 35.5. The largest absolute Gasteiger partial charge is 0.304 e. The number of rotatable bonds is 5. The number of hydrogen-bond donors (Lipinski definition) is 1. The van der Waals surface area contributed by atoms with Crippen LogP contribution in [0.15, 0.2) is 53.5 Å². The third kappa shape index (κ3) is 4.21. The zero-order valence-electron chi connectivity index (χ0n) is 14.0. The molecule has 25 heavy (non-hydrogen) atoms. The molecule has 0 amide bonds. The van der Waals surface area contributed by atoms with Crippen LogP contribution < -0.4 is 10.9 Å². The van der Waals surface area contributed by atoms with Gasteiger partial charge in [-0.25, -0.2) is 4.98 Å². The van der Waals surface area contributed by atoms with E-state index in [9.17, 15) is 4.79 Å². The highest BCUT2D eigenvalue weighted by molar-refractivity contribution is 6.30. The van der Waals surface area contributed by atoms with Crippen molar-refractivity contribution in [3.63, 3.8) is 0 Å². The molecule has 1 N–H and O–H groups in total. The first-order valence-corrected chi connectivity index (χ1v) is 8.86. The van der Waals surface area contributed by atoms with Crippen molar-refractivity contribution in [3.05, 3.63) is 80.3 Å². The molecular weight excluding hydrogens is 357 g/mol. The highest BCUT2D eigenvalue weighted by Crippen LogP contribution is 2.23. The molecule has 6 heteroatoms. The maximum atomic E-state index is 12.3. The minimum absolute atomic E-state index is 0.141. The predicted octanol–water partition coefficient (Wildman–Crippen LogP) is 4.49. The summed E-state index contributed by atoms with van der Waals surface area (Å²) in [6, 6.07) is 13.0. The number of nitrogens with one attached hydrogen (secondary N) is 1. The fourth-order valence-electron chi connectivity index (χ4n) is 2.84. The van der Waals surface area contributed by atoms with Gasteiger partial charge in [-0.1, -0.05) is 49.2 Å². The maximum Gasteiger partial charge on any atom is 0.258 e. The first-order valence-electron chi connectivity index (χ1n) is 8.11. The van der Waals surface area contributed by atoms with E-state index in [4.69, 9.17) is 23.2 Å². The molecule has 1 unspecified atom stereocenters. The van der Waals surface area contributed by atoms with E-state index in [0.29, 0.717) is 33.8 Å². The monoisotopic (exact) mass is 375 g/mol. The zero-order chi connectivity index (χ0) is 18.0. The standard InChI is InChI=1S/C19H19Cl2N3O/c1-12(2)19(13-3-5-14(20)6-4-13)22-10-16-9-18(25)24-11-15(21)7-8-17(24)23-16/h3-9,11-12,19,22H,10H2,1-2H3. The minimum Gasteiger partial charge on any atom is -0.304 e. The summed E-state index contributed by atoms with van der Waals surface area (Å²) in [5.74, 6) is 0.376. The Balaban J connectivity index is 1.83. The molecule has 0 radical (unpaired) electrons. The molecule has 4 nitrogen and oxygen atoms in total. The van der Waals surface area contributed by atoms with Gasteiger partial charge in [0, 0.05) is 29.9 Å². The number of benzene rings is 1. The molecule has 1 atom stereocenters. The van der Waals surface area contributed by atoms with Crippen LogP contribution in [0.1, 0.15) is 31.1 Å². The molecule has 2 aromatic heterocycles. The van der Waals surface area contributed by atoms with Crippen LogP contribution in [0.5, 0.6) is 0 Å². The number of halogens is 2. The van der Waals surface area contributed by atoms with Gasteiger partial charge < -0.3 is 5.32 Å². The fourth-order valence-corrected chi connectivity index (χ4v) is 3.13. The Hall–Kier alpha value is -1.88. The summed E-state index contributed by atoms with van der Waals surface area (Å²) >= 11 is 11.9. The Morgan fingerprint density at radius 3 is 2.44 bits per heavy atom. The van der Waals surface area contributed by atoms with Gasteiger partial charge in [0.15, 0.2) is 0 Å². The van der Waals surface area contributed by atoms with Crippen molar-refractivity contribution in [2.75, 3.05) is 0 Å². The number of hydrogen-bond acceptors (Lipinski definition) is 3. The first-order chi connectivity index (χ1) is 11.9. The third-order valence-corrected chi connectivity index (χ3v) is 4.55. The van der Waals surface area contributed by atoms with Crippen molar-refractivity contribution >= 4 is 28.8 Å². The van der Waals surface area contributed by atoms with Gasteiger partial charge in [0.05, 0.1) is 10.7 Å². The number of fused-ring (bicyclic) bond motifs is 1. The van der Waals surface area contributed by atoms with Gasteiger partial charge in [-0.05, 0) is 35.7 Å². The topological polar surface area (TPSA) is 46.4 Å². The molecule has 0 fully saturated rings. The number of nitrogens with zero attached hydrogens (tertiary/aromatic N) is 2. The van der Waals surface area contributed by atoms with Crippen molar-refractivity contribution in [3.8, 4) is 0 Å². The van der Waals surface area contributed by atoms with Gasteiger partial charge in [0.1, 0.15) is 5.65 Å². The van der Waals surface area contributed by atoms with E-state index >= 15 is 0 Å². The summed E-state index contributed by atoms with van der Waals surface area (Å²) in [4.78, 5) is 16.8. The van der Waals surface area contributed by atoms with Crippen LogP contribution in [0.3, 0.4) is 0 Å². The molecule has 3 aromatic rings. The molecule has 2 heterocycles. The lowest BCUT2D eigenvalue weighted by molar-refractivity contribution is 0.408. The van der Waals surface area contributed by atoms with Gasteiger partial charge in [-0.15, -0.1) is 0 Å². The Morgan fingerprint density at radius 1 is 1.08 bits per heavy atom. The van der Waals surface area contributed by atoms with E-state index in [1.165, 1.54) is 10.5 Å². The second kappa shape index (κ2) is 7.56. The number of pyridine rings is 1. The molecule has 3 rings (SSSR count). The van der Waals surface area contributed by atoms with Crippen LogP contribution in [0, 0.1) is 5.92 Å². The first kappa shape index (κ1) is 17.9. The lowest BCUT2D eigenvalue weighted by atomic mass is 9.96. The smallest absolute Gasteiger partial charge is 0.258 e. The molecule has 0 saturated heterocycles. The molecule has 1 aromatic carbocycles. The van der Waals surface area contributed by atoms with Crippen molar-refractivity contribution in [2.45, 2.75) is 26.4 Å². The molecular formula is C19H19Cl2N3O. The fraction of sp³-hybridized carbons (Fsp3) is 0.263. The second-order valence-electron chi connectivity index (χ2n) is 6.32. The van der Waals surface area contributed by atoms with E-state index < -0.39 is 0 Å². The summed E-state index contributed by atoms with van der Waals surface area (Å²) in [5.41, 5.74) is 2.30. The summed E-state index contributed by atoms with van der Waals surface area (Å²) in [6.45, 7) is 4.80. The molecule has 0 saturated carbocycles. The minimum atomic E-state index is -0.142. The third-order valence-electron chi connectivity index (χ3n) is 4.08. The second-order valence-corrected chi connectivity index (χ2v) is 7.19. The Bertz CT molecular complexity index is 936. The molecule has 0 aliphatic heterocycles. The quantitative estimate of drug-likeness (QED) is 0.714. The normalized spacial score (nSPS) is 12.7. The SMILES string of the molecule is CC(C)C(NCc1cc(=O)n2cc(Cl)ccc2n1)c1ccc(Cl)cc1. The van der Waals surface area contributed by atoms with E-state index in [-0.39, 0.29) is 11.6 Å². The van der Waals surface area contributed by atoms with Gasteiger partial charge in [-0.2, -0.15) is 0 Å². The highest BCUT2D eigenvalue weighted by Gasteiger charge is 2.15. The molecule has 130 valence electrons. The summed E-state index contributed by atoms with van der Waals surface area (Å²) in [6.07, 6.45) is 1.58. The van der Waals surface area contributed by atoms with Crippen molar-refractivity contribution < 1.29 is 0 Å². The van der Waals surface area contributed by atoms with Crippen LogP contribution in [0.2, 0.25) is 10.0 Å². The summed E-state index contributed by atoms with van der Waals surface area (Å²) in [7, 11) is 0. The van der Waals surface area contributed by atoms with Crippen molar-refractivity contribution in [1.29, 1.82) is 0 Å². The lowest BCUT2D eigenvalue weighted by Gasteiger charge is -2.23.